The number of ether oxygens (including phenoxy) is 1. The second-order valence-corrected chi connectivity index (χ2v) is 9.25. The van der Waals surface area contributed by atoms with Crippen molar-refractivity contribution in [3.63, 3.8) is 0 Å². The van der Waals surface area contributed by atoms with Crippen molar-refractivity contribution >= 4 is 5.91 Å². The van der Waals surface area contributed by atoms with Gasteiger partial charge in [-0.15, -0.1) is 0 Å². The van der Waals surface area contributed by atoms with Crippen molar-refractivity contribution < 1.29 is 9.53 Å². The summed E-state index contributed by atoms with van der Waals surface area (Å²) < 4.78 is 6.08. The van der Waals surface area contributed by atoms with E-state index in [0.29, 0.717) is 6.42 Å². The van der Waals surface area contributed by atoms with Gasteiger partial charge in [-0.25, -0.2) is 0 Å². The van der Waals surface area contributed by atoms with Crippen LogP contribution in [0, 0.1) is 0 Å². The molecule has 1 aliphatic carbocycles. The monoisotopic (exact) mass is 393 g/mol. The van der Waals surface area contributed by atoms with E-state index in [2.05, 4.69) is 62.5 Å². The van der Waals surface area contributed by atoms with Crippen molar-refractivity contribution in [2.45, 2.75) is 84.3 Å². The van der Waals surface area contributed by atoms with E-state index < -0.39 is 6.10 Å². The fraction of sp³-hybridized carbons (Fsp3) is 0.500. The highest BCUT2D eigenvalue weighted by molar-refractivity contribution is 5.81. The lowest BCUT2D eigenvalue weighted by Gasteiger charge is -2.23. The van der Waals surface area contributed by atoms with Crippen LogP contribution in [0.3, 0.4) is 0 Å². The first-order valence-corrected chi connectivity index (χ1v) is 11.0. The number of rotatable bonds is 6. The summed E-state index contributed by atoms with van der Waals surface area (Å²) in [7, 11) is 0. The maximum absolute atomic E-state index is 12.8. The van der Waals surface area contributed by atoms with Crippen LogP contribution in [0.5, 0.6) is 5.75 Å². The van der Waals surface area contributed by atoms with Crippen molar-refractivity contribution in [2.24, 2.45) is 0 Å². The maximum Gasteiger partial charge on any atom is 0.261 e. The van der Waals surface area contributed by atoms with Gasteiger partial charge >= 0.3 is 0 Å². The molecule has 0 fully saturated rings. The van der Waals surface area contributed by atoms with Crippen LogP contribution in [-0.4, -0.2) is 12.0 Å². The third-order valence-electron chi connectivity index (χ3n) is 5.90. The van der Waals surface area contributed by atoms with E-state index in [9.17, 15) is 4.79 Å². The smallest absolute Gasteiger partial charge is 0.261 e. The Morgan fingerprint density at radius 3 is 2.31 bits per heavy atom. The maximum atomic E-state index is 12.8. The molecule has 1 N–H and O–H groups in total. The minimum atomic E-state index is -0.479. The van der Waals surface area contributed by atoms with Crippen LogP contribution in [0.25, 0.3) is 0 Å². The molecular weight excluding hydrogens is 358 g/mol. The highest BCUT2D eigenvalue weighted by atomic mass is 16.5. The van der Waals surface area contributed by atoms with Gasteiger partial charge in [0.2, 0.25) is 0 Å². The first kappa shape index (κ1) is 21.4. The predicted octanol–water partition coefficient (Wildman–Crippen LogP) is 5.90. The molecule has 1 aliphatic rings. The molecule has 2 aromatic carbocycles. The second-order valence-electron chi connectivity index (χ2n) is 9.25. The second kappa shape index (κ2) is 9.02. The molecule has 3 heteroatoms. The molecule has 29 heavy (non-hydrogen) atoms. The summed E-state index contributed by atoms with van der Waals surface area (Å²) in [5, 5.41) is 3.12. The lowest BCUT2D eigenvalue weighted by molar-refractivity contribution is -0.128. The highest BCUT2D eigenvalue weighted by Crippen LogP contribution is 2.27. The fourth-order valence-electron chi connectivity index (χ4n) is 3.93. The van der Waals surface area contributed by atoms with Crippen molar-refractivity contribution in [1.29, 1.82) is 0 Å². The summed E-state index contributed by atoms with van der Waals surface area (Å²) in [5.41, 5.74) is 5.32. The average Bonchev–Trinajstić information content (AvgIpc) is 2.71. The molecule has 0 bridgehead atoms. The van der Waals surface area contributed by atoms with Gasteiger partial charge in [0.15, 0.2) is 6.10 Å². The van der Waals surface area contributed by atoms with Gasteiger partial charge in [0.25, 0.3) is 5.91 Å². The molecule has 0 saturated carbocycles. The zero-order chi connectivity index (χ0) is 21.0. The van der Waals surface area contributed by atoms with Crippen LogP contribution in [0.15, 0.2) is 42.5 Å². The van der Waals surface area contributed by atoms with Crippen molar-refractivity contribution in [3.05, 3.63) is 64.7 Å². The summed E-state index contributed by atoms with van der Waals surface area (Å²) in [5.74, 6) is 0.743. The van der Waals surface area contributed by atoms with Gasteiger partial charge in [-0.1, -0.05) is 58.0 Å². The number of hydrogen-bond donors (Lipinski definition) is 1. The zero-order valence-electron chi connectivity index (χ0n) is 18.5. The van der Waals surface area contributed by atoms with Gasteiger partial charge in [-0.05, 0) is 78.8 Å². The Kier molecular flexibility index (Phi) is 6.66. The summed E-state index contributed by atoms with van der Waals surface area (Å²) in [6.45, 7) is 10.6. The van der Waals surface area contributed by atoms with E-state index >= 15 is 0 Å². The number of aryl methyl sites for hydroxylation is 2. The van der Waals surface area contributed by atoms with E-state index in [1.54, 1.807) is 0 Å². The zero-order valence-corrected chi connectivity index (χ0v) is 18.5. The highest BCUT2D eigenvalue weighted by Gasteiger charge is 2.22. The standard InChI is InChI=1S/C26H35NO2/c1-6-24(29-23-16-13-20-9-7-8-10-21(20)17-23)25(28)27-18(2)19-11-14-22(15-12-19)26(3,4)5/h11-18,24H,6-10H2,1-5H3,(H,27,28)/t18-,24-/m0/s1. The number of amides is 1. The van der Waals surface area contributed by atoms with Gasteiger partial charge in [0.05, 0.1) is 6.04 Å². The number of nitrogens with one attached hydrogen (secondary N) is 1. The Labute approximate surface area is 175 Å². The number of carbonyl (C=O) groups excluding carboxylic acids is 1. The first-order chi connectivity index (χ1) is 13.8. The lowest BCUT2D eigenvalue weighted by Crippen LogP contribution is -2.39. The molecular formula is C26H35NO2. The van der Waals surface area contributed by atoms with Gasteiger partial charge in [-0.2, -0.15) is 0 Å². The SMILES string of the molecule is CC[C@H](Oc1ccc2c(c1)CCCC2)C(=O)N[C@@H](C)c1ccc(C(C)(C)C)cc1. The van der Waals surface area contributed by atoms with Gasteiger partial charge < -0.3 is 10.1 Å². The minimum Gasteiger partial charge on any atom is -0.481 e. The van der Waals surface area contributed by atoms with Gasteiger partial charge in [0, 0.05) is 0 Å². The fourth-order valence-corrected chi connectivity index (χ4v) is 3.93. The average molecular weight is 394 g/mol. The third-order valence-corrected chi connectivity index (χ3v) is 5.90. The molecule has 0 aromatic heterocycles. The van der Waals surface area contributed by atoms with Crippen LogP contribution in [0.1, 0.15) is 82.2 Å². The molecule has 2 atom stereocenters. The van der Waals surface area contributed by atoms with E-state index in [1.165, 1.54) is 29.5 Å². The molecule has 156 valence electrons. The Morgan fingerprint density at radius 1 is 1.03 bits per heavy atom. The molecule has 0 unspecified atom stereocenters. The summed E-state index contributed by atoms with van der Waals surface area (Å²) in [6, 6.07) is 14.8. The molecule has 2 aromatic rings. The van der Waals surface area contributed by atoms with Gasteiger partial charge in [0.1, 0.15) is 5.75 Å². The Hall–Kier alpha value is -2.29. The van der Waals surface area contributed by atoms with Crippen LogP contribution < -0.4 is 10.1 Å². The Balaban J connectivity index is 1.63. The van der Waals surface area contributed by atoms with Crippen molar-refractivity contribution in [2.75, 3.05) is 0 Å². The molecule has 3 rings (SSSR count). The van der Waals surface area contributed by atoms with E-state index in [-0.39, 0.29) is 17.4 Å². The van der Waals surface area contributed by atoms with E-state index in [0.717, 1.165) is 24.2 Å². The predicted molar refractivity (Wildman–Crippen MR) is 119 cm³/mol. The minimum absolute atomic E-state index is 0.0577. The first-order valence-electron chi connectivity index (χ1n) is 11.0. The number of carbonyl (C=O) groups is 1. The topological polar surface area (TPSA) is 38.3 Å². The summed E-state index contributed by atoms with van der Waals surface area (Å²) in [6.07, 6.45) is 4.92. The van der Waals surface area contributed by atoms with E-state index in [4.69, 9.17) is 4.74 Å². The Morgan fingerprint density at radius 2 is 1.69 bits per heavy atom. The van der Waals surface area contributed by atoms with Crippen LogP contribution in [0.2, 0.25) is 0 Å². The largest absolute Gasteiger partial charge is 0.481 e. The number of fused-ring (bicyclic) bond motifs is 1. The number of benzene rings is 2. The van der Waals surface area contributed by atoms with E-state index in [1.807, 2.05) is 19.9 Å². The Bertz CT molecular complexity index is 833. The van der Waals surface area contributed by atoms with Crippen molar-refractivity contribution in [3.8, 4) is 5.75 Å². The third kappa shape index (κ3) is 5.41. The number of hydrogen-bond acceptors (Lipinski definition) is 2. The molecule has 0 radical (unpaired) electrons. The van der Waals surface area contributed by atoms with Crippen LogP contribution in [0.4, 0.5) is 0 Å². The van der Waals surface area contributed by atoms with Crippen molar-refractivity contribution in [1.82, 2.24) is 5.32 Å². The molecule has 0 heterocycles. The lowest BCUT2D eigenvalue weighted by atomic mass is 9.86. The quantitative estimate of drug-likeness (QED) is 0.664. The molecule has 0 saturated heterocycles. The molecule has 0 aliphatic heterocycles. The summed E-state index contributed by atoms with van der Waals surface area (Å²) >= 11 is 0. The normalized spacial score (nSPS) is 15.9. The molecule has 0 spiro atoms. The van der Waals surface area contributed by atoms with Crippen LogP contribution in [-0.2, 0) is 23.1 Å². The molecule has 1 amide bonds. The van der Waals surface area contributed by atoms with Crippen LogP contribution >= 0.6 is 0 Å². The van der Waals surface area contributed by atoms with Gasteiger partial charge in [-0.3, -0.25) is 4.79 Å². The molecule has 3 nitrogen and oxygen atoms in total. The summed E-state index contributed by atoms with van der Waals surface area (Å²) in [4.78, 5) is 12.8.